The lowest BCUT2D eigenvalue weighted by molar-refractivity contribution is 1.07. The van der Waals surface area contributed by atoms with Crippen molar-refractivity contribution in [2.75, 3.05) is 0 Å². The van der Waals surface area contributed by atoms with Gasteiger partial charge in [0.05, 0.1) is 11.2 Å². The first kappa shape index (κ1) is 12.6. The van der Waals surface area contributed by atoms with Crippen molar-refractivity contribution in [2.24, 2.45) is 0 Å². The van der Waals surface area contributed by atoms with E-state index in [1.165, 1.54) is 0 Å². The minimum Gasteiger partial charge on any atom is -0.267 e. The van der Waals surface area contributed by atoms with Crippen molar-refractivity contribution in [2.45, 2.75) is 0 Å². The van der Waals surface area contributed by atoms with Crippen molar-refractivity contribution in [3.05, 3.63) is 66.1 Å². The standard InChI is InChI=1S/C17H10ClN5/c18-12-7-5-11(6-8-12)14-9-22-16(20-14)13-3-1-2-4-15(13)23-10-19-21-17(22)23/h1-10H. The van der Waals surface area contributed by atoms with E-state index in [2.05, 4.69) is 16.3 Å². The molecule has 5 rings (SSSR count). The highest BCUT2D eigenvalue weighted by Crippen LogP contribution is 2.26. The molecule has 0 aliphatic rings. The number of para-hydroxylation sites is 1. The number of nitrogens with zero attached hydrogens (tertiary/aromatic N) is 5. The average Bonchev–Trinajstić information content (AvgIpc) is 3.22. The molecule has 3 heterocycles. The Morgan fingerprint density at radius 2 is 1.74 bits per heavy atom. The van der Waals surface area contributed by atoms with Gasteiger partial charge in [-0.25, -0.2) is 4.98 Å². The van der Waals surface area contributed by atoms with Crippen molar-refractivity contribution in [1.29, 1.82) is 0 Å². The molecule has 6 heteroatoms. The SMILES string of the molecule is Clc1ccc(-c2cn3c(n2)c2ccccc2n2cnnc23)cc1. The third-order valence-corrected chi connectivity index (χ3v) is 4.25. The first-order valence-corrected chi connectivity index (χ1v) is 7.54. The third-order valence-electron chi connectivity index (χ3n) is 4.00. The lowest BCUT2D eigenvalue weighted by Gasteiger charge is -2.03. The molecule has 0 unspecified atom stereocenters. The summed E-state index contributed by atoms with van der Waals surface area (Å²) in [7, 11) is 0. The molecule has 0 amide bonds. The number of hydrogen-bond acceptors (Lipinski definition) is 3. The summed E-state index contributed by atoms with van der Waals surface area (Å²) in [4.78, 5) is 4.81. The van der Waals surface area contributed by atoms with Gasteiger partial charge in [-0.2, -0.15) is 0 Å². The Morgan fingerprint density at radius 3 is 2.61 bits per heavy atom. The average molecular weight is 320 g/mol. The Labute approximate surface area is 135 Å². The van der Waals surface area contributed by atoms with E-state index >= 15 is 0 Å². The van der Waals surface area contributed by atoms with Crippen LogP contribution in [0.1, 0.15) is 0 Å². The molecule has 0 bridgehead atoms. The van der Waals surface area contributed by atoms with Gasteiger partial charge < -0.3 is 0 Å². The second-order valence-corrected chi connectivity index (χ2v) is 5.78. The zero-order valence-corrected chi connectivity index (χ0v) is 12.6. The maximum absolute atomic E-state index is 5.97. The molecule has 110 valence electrons. The molecule has 0 saturated carbocycles. The molecule has 23 heavy (non-hydrogen) atoms. The summed E-state index contributed by atoms with van der Waals surface area (Å²) in [5.41, 5.74) is 3.79. The molecule has 0 saturated heterocycles. The monoisotopic (exact) mass is 319 g/mol. The van der Waals surface area contributed by atoms with Crippen LogP contribution in [0.25, 0.3) is 33.6 Å². The zero-order valence-electron chi connectivity index (χ0n) is 11.9. The summed E-state index contributed by atoms with van der Waals surface area (Å²) in [5.74, 6) is 0.742. The maximum atomic E-state index is 5.97. The van der Waals surface area contributed by atoms with Crippen molar-refractivity contribution in [3.8, 4) is 11.3 Å². The van der Waals surface area contributed by atoms with Crippen LogP contribution in [0.15, 0.2) is 61.1 Å². The predicted molar refractivity (Wildman–Crippen MR) is 89.7 cm³/mol. The smallest absolute Gasteiger partial charge is 0.241 e. The number of hydrogen-bond donors (Lipinski definition) is 0. The number of halogens is 1. The number of rotatable bonds is 1. The molecule has 0 aliphatic carbocycles. The van der Waals surface area contributed by atoms with Gasteiger partial charge in [0.15, 0.2) is 0 Å². The van der Waals surface area contributed by atoms with Crippen LogP contribution in [0.4, 0.5) is 0 Å². The van der Waals surface area contributed by atoms with E-state index in [0.29, 0.717) is 5.02 Å². The van der Waals surface area contributed by atoms with Crippen LogP contribution in [-0.4, -0.2) is 24.0 Å². The van der Waals surface area contributed by atoms with Gasteiger partial charge in [0.1, 0.15) is 12.0 Å². The van der Waals surface area contributed by atoms with Gasteiger partial charge in [-0.05, 0) is 24.3 Å². The Hall–Kier alpha value is -2.92. The summed E-state index contributed by atoms with van der Waals surface area (Å²) in [6.07, 6.45) is 3.70. The van der Waals surface area contributed by atoms with Crippen LogP contribution in [0.5, 0.6) is 0 Å². The molecule has 5 aromatic rings. The first-order chi connectivity index (χ1) is 11.3. The van der Waals surface area contributed by atoms with Crippen LogP contribution in [0, 0.1) is 0 Å². The topological polar surface area (TPSA) is 47.5 Å². The minimum absolute atomic E-state index is 0.711. The van der Waals surface area contributed by atoms with E-state index in [-0.39, 0.29) is 0 Å². The zero-order chi connectivity index (χ0) is 15.4. The number of imidazole rings is 1. The van der Waals surface area contributed by atoms with Crippen LogP contribution in [0.2, 0.25) is 5.02 Å². The Bertz CT molecular complexity index is 1170. The summed E-state index contributed by atoms with van der Waals surface area (Å²) in [6.45, 7) is 0. The van der Waals surface area contributed by atoms with Crippen molar-refractivity contribution in [3.63, 3.8) is 0 Å². The van der Waals surface area contributed by atoms with E-state index in [4.69, 9.17) is 16.6 Å². The van der Waals surface area contributed by atoms with Gasteiger partial charge in [-0.1, -0.05) is 35.9 Å². The summed E-state index contributed by atoms with van der Waals surface area (Å²) >= 11 is 5.97. The Kier molecular flexibility index (Phi) is 2.49. The number of aromatic nitrogens is 5. The molecule has 0 radical (unpaired) electrons. The molecule has 0 atom stereocenters. The molecule has 0 fully saturated rings. The van der Waals surface area contributed by atoms with Crippen LogP contribution < -0.4 is 0 Å². The van der Waals surface area contributed by atoms with Gasteiger partial charge in [-0.15, -0.1) is 10.2 Å². The Morgan fingerprint density at radius 1 is 0.913 bits per heavy atom. The van der Waals surface area contributed by atoms with Gasteiger partial charge in [-0.3, -0.25) is 8.80 Å². The largest absolute Gasteiger partial charge is 0.267 e. The molecule has 5 nitrogen and oxygen atoms in total. The highest BCUT2D eigenvalue weighted by Gasteiger charge is 2.13. The fourth-order valence-corrected chi connectivity index (χ4v) is 3.04. The highest BCUT2D eigenvalue weighted by molar-refractivity contribution is 6.30. The maximum Gasteiger partial charge on any atom is 0.241 e. The second-order valence-electron chi connectivity index (χ2n) is 5.34. The number of fused-ring (bicyclic) bond motifs is 6. The summed E-state index contributed by atoms with van der Waals surface area (Å²) in [6, 6.07) is 15.8. The molecule has 0 aliphatic heterocycles. The fourth-order valence-electron chi connectivity index (χ4n) is 2.92. The van der Waals surface area contributed by atoms with E-state index in [0.717, 1.165) is 33.6 Å². The van der Waals surface area contributed by atoms with Gasteiger partial charge in [0, 0.05) is 22.2 Å². The molecule has 0 N–H and O–H groups in total. The molecule has 3 aromatic heterocycles. The minimum atomic E-state index is 0.711. The Balaban J connectivity index is 1.92. The molecular formula is C17H10ClN5. The summed E-state index contributed by atoms with van der Waals surface area (Å²) in [5, 5.41) is 10.0. The van der Waals surface area contributed by atoms with Crippen LogP contribution >= 0.6 is 11.6 Å². The van der Waals surface area contributed by atoms with E-state index in [1.54, 1.807) is 6.33 Å². The van der Waals surface area contributed by atoms with E-state index in [9.17, 15) is 0 Å². The van der Waals surface area contributed by atoms with Crippen molar-refractivity contribution >= 4 is 33.9 Å². The van der Waals surface area contributed by atoms with E-state index < -0.39 is 0 Å². The summed E-state index contributed by atoms with van der Waals surface area (Å²) < 4.78 is 3.94. The quantitative estimate of drug-likeness (QED) is 0.471. The first-order valence-electron chi connectivity index (χ1n) is 7.17. The van der Waals surface area contributed by atoms with Gasteiger partial charge in [0.25, 0.3) is 0 Å². The molecule has 0 spiro atoms. The van der Waals surface area contributed by atoms with Crippen LogP contribution in [-0.2, 0) is 0 Å². The van der Waals surface area contributed by atoms with E-state index in [1.807, 2.05) is 57.5 Å². The van der Waals surface area contributed by atoms with Gasteiger partial charge >= 0.3 is 0 Å². The second kappa shape index (κ2) is 4.54. The highest BCUT2D eigenvalue weighted by atomic mass is 35.5. The fraction of sp³-hybridized carbons (Fsp3) is 0. The predicted octanol–water partition coefficient (Wildman–Crippen LogP) is 3.85. The normalized spacial score (nSPS) is 11.7. The molecular weight excluding hydrogens is 310 g/mol. The lowest BCUT2D eigenvalue weighted by atomic mass is 10.2. The van der Waals surface area contributed by atoms with Crippen molar-refractivity contribution < 1.29 is 0 Å². The number of benzene rings is 2. The molecule has 2 aromatic carbocycles. The van der Waals surface area contributed by atoms with Crippen molar-refractivity contribution in [1.82, 2.24) is 24.0 Å². The van der Waals surface area contributed by atoms with Crippen LogP contribution in [0.3, 0.4) is 0 Å². The lowest BCUT2D eigenvalue weighted by Crippen LogP contribution is -1.96. The van der Waals surface area contributed by atoms with Gasteiger partial charge in [0.2, 0.25) is 5.78 Å². The third kappa shape index (κ3) is 1.77.